The first-order chi connectivity index (χ1) is 6.61. The maximum Gasteiger partial charge on any atom is 0.229 e. The van der Waals surface area contributed by atoms with E-state index in [-0.39, 0.29) is 17.9 Å². The van der Waals surface area contributed by atoms with E-state index in [0.717, 1.165) is 0 Å². The lowest BCUT2D eigenvalue weighted by atomic mass is 10.0. The second kappa shape index (κ2) is 4.66. The number of nitrogens with two attached hydrogens (primary N) is 1. The predicted octanol–water partition coefficient (Wildman–Crippen LogP) is 0.398. The summed E-state index contributed by atoms with van der Waals surface area (Å²) in [5.41, 5.74) is 5.59. The Morgan fingerprint density at radius 3 is 2.79 bits per heavy atom. The number of carbonyl (C=O) groups is 1. The maximum absolute atomic E-state index is 11.5. The van der Waals surface area contributed by atoms with Crippen molar-refractivity contribution in [2.24, 2.45) is 11.7 Å². The quantitative estimate of drug-likeness (QED) is 0.729. The highest BCUT2D eigenvalue weighted by atomic mass is 16.2. The van der Waals surface area contributed by atoms with Gasteiger partial charge in [0, 0.05) is 12.2 Å². The Hall–Kier alpha value is -1.49. The Bertz CT molecular complexity index is 299. The lowest BCUT2D eigenvalue weighted by molar-refractivity contribution is -0.119. The van der Waals surface area contributed by atoms with Crippen molar-refractivity contribution in [3.63, 3.8) is 0 Å². The average molecular weight is 194 g/mol. The number of nitrogens with one attached hydrogen (secondary N) is 1. The van der Waals surface area contributed by atoms with Gasteiger partial charge in [0.25, 0.3) is 0 Å². The number of anilines is 1. The highest BCUT2D eigenvalue weighted by Crippen LogP contribution is 2.05. The van der Waals surface area contributed by atoms with E-state index in [1.807, 2.05) is 0 Å². The lowest BCUT2D eigenvalue weighted by Gasteiger charge is -2.14. The average Bonchev–Trinajstić information content (AvgIpc) is 2.18. The molecule has 0 aliphatic heterocycles. The van der Waals surface area contributed by atoms with Crippen LogP contribution >= 0.6 is 0 Å². The largest absolute Gasteiger partial charge is 0.327 e. The second-order valence-corrected chi connectivity index (χ2v) is 3.25. The molecule has 1 rings (SSSR count). The van der Waals surface area contributed by atoms with Gasteiger partial charge in [-0.3, -0.25) is 4.79 Å². The molecule has 1 amide bonds. The van der Waals surface area contributed by atoms with Crippen LogP contribution in [0.2, 0.25) is 0 Å². The van der Waals surface area contributed by atoms with Crippen molar-refractivity contribution in [1.82, 2.24) is 10.2 Å². The van der Waals surface area contributed by atoms with Crippen molar-refractivity contribution in [2.75, 3.05) is 5.32 Å². The highest BCUT2D eigenvalue weighted by molar-refractivity contribution is 5.91. The number of amides is 1. The van der Waals surface area contributed by atoms with Crippen LogP contribution in [-0.4, -0.2) is 22.1 Å². The van der Waals surface area contributed by atoms with E-state index in [2.05, 4.69) is 15.5 Å². The van der Waals surface area contributed by atoms with Crippen molar-refractivity contribution < 1.29 is 4.79 Å². The molecule has 0 saturated heterocycles. The highest BCUT2D eigenvalue weighted by Gasteiger charge is 2.17. The summed E-state index contributed by atoms with van der Waals surface area (Å²) >= 11 is 0. The summed E-state index contributed by atoms with van der Waals surface area (Å²) in [6, 6.07) is 3.21. The van der Waals surface area contributed by atoms with E-state index in [1.165, 1.54) is 0 Å². The molecule has 0 bridgehead atoms. The number of nitrogens with zero attached hydrogens (tertiary/aromatic N) is 2. The van der Waals surface area contributed by atoms with Crippen LogP contribution in [0.3, 0.4) is 0 Å². The van der Waals surface area contributed by atoms with Crippen LogP contribution in [0.1, 0.15) is 13.8 Å². The number of rotatable bonds is 3. The van der Waals surface area contributed by atoms with E-state index < -0.39 is 0 Å². The Balaban J connectivity index is 2.58. The summed E-state index contributed by atoms with van der Waals surface area (Å²) < 4.78 is 0. The molecular formula is C9H14N4O. The Morgan fingerprint density at radius 1 is 1.57 bits per heavy atom. The number of carbonyl (C=O) groups excluding carboxylic acids is 1. The normalized spacial score (nSPS) is 14.5. The second-order valence-electron chi connectivity index (χ2n) is 3.25. The van der Waals surface area contributed by atoms with Crippen molar-refractivity contribution >= 4 is 11.7 Å². The van der Waals surface area contributed by atoms with E-state index in [4.69, 9.17) is 5.73 Å². The molecule has 2 atom stereocenters. The molecule has 0 radical (unpaired) electrons. The van der Waals surface area contributed by atoms with Gasteiger partial charge in [-0.05, 0) is 19.1 Å². The third-order valence-electron chi connectivity index (χ3n) is 2.03. The van der Waals surface area contributed by atoms with Crippen LogP contribution in [-0.2, 0) is 4.79 Å². The molecule has 0 spiro atoms. The zero-order chi connectivity index (χ0) is 10.6. The third-order valence-corrected chi connectivity index (χ3v) is 2.03. The van der Waals surface area contributed by atoms with E-state index in [9.17, 15) is 4.79 Å². The summed E-state index contributed by atoms with van der Waals surface area (Å²) in [6.45, 7) is 3.57. The van der Waals surface area contributed by atoms with Crippen LogP contribution in [0.25, 0.3) is 0 Å². The molecule has 76 valence electrons. The van der Waals surface area contributed by atoms with Gasteiger partial charge >= 0.3 is 0 Å². The van der Waals surface area contributed by atoms with Crippen LogP contribution in [0.4, 0.5) is 5.82 Å². The van der Waals surface area contributed by atoms with Gasteiger partial charge in [0.1, 0.15) is 0 Å². The van der Waals surface area contributed by atoms with Gasteiger partial charge in [-0.25, -0.2) is 0 Å². The van der Waals surface area contributed by atoms with Crippen LogP contribution < -0.4 is 11.1 Å². The summed E-state index contributed by atoms with van der Waals surface area (Å²) in [5.74, 6) is 0.0718. The molecule has 0 aliphatic rings. The van der Waals surface area contributed by atoms with Crippen LogP contribution in [0.15, 0.2) is 18.3 Å². The van der Waals surface area contributed by atoms with Crippen LogP contribution in [0, 0.1) is 5.92 Å². The maximum atomic E-state index is 11.5. The van der Waals surface area contributed by atoms with Gasteiger partial charge in [0.15, 0.2) is 5.82 Å². The molecule has 3 N–H and O–H groups in total. The summed E-state index contributed by atoms with van der Waals surface area (Å²) in [4.78, 5) is 11.5. The van der Waals surface area contributed by atoms with Gasteiger partial charge < -0.3 is 11.1 Å². The molecule has 0 saturated carbocycles. The number of hydrogen-bond donors (Lipinski definition) is 2. The molecule has 5 nitrogen and oxygen atoms in total. The lowest BCUT2D eigenvalue weighted by Crippen LogP contribution is -2.34. The molecule has 1 aromatic rings. The standard InChI is InChI=1S/C9H14N4O/c1-6(7(2)10)9(14)12-8-4-3-5-11-13-8/h3-7H,10H2,1-2H3,(H,12,13,14). The smallest absolute Gasteiger partial charge is 0.229 e. The Morgan fingerprint density at radius 2 is 2.29 bits per heavy atom. The molecule has 14 heavy (non-hydrogen) atoms. The third kappa shape index (κ3) is 2.77. The van der Waals surface area contributed by atoms with Gasteiger partial charge in [-0.15, -0.1) is 5.10 Å². The molecular weight excluding hydrogens is 180 g/mol. The molecule has 1 aromatic heterocycles. The SMILES string of the molecule is CC(N)C(C)C(=O)Nc1cccnn1. The zero-order valence-corrected chi connectivity index (χ0v) is 8.27. The van der Waals surface area contributed by atoms with Gasteiger partial charge in [-0.2, -0.15) is 5.10 Å². The van der Waals surface area contributed by atoms with E-state index in [1.54, 1.807) is 32.2 Å². The first kappa shape index (κ1) is 10.6. The zero-order valence-electron chi connectivity index (χ0n) is 8.27. The molecule has 0 aromatic carbocycles. The monoisotopic (exact) mass is 194 g/mol. The fraction of sp³-hybridized carbons (Fsp3) is 0.444. The van der Waals surface area contributed by atoms with E-state index >= 15 is 0 Å². The van der Waals surface area contributed by atoms with E-state index in [0.29, 0.717) is 5.82 Å². The van der Waals surface area contributed by atoms with Crippen molar-refractivity contribution in [3.8, 4) is 0 Å². The number of hydrogen-bond acceptors (Lipinski definition) is 4. The minimum absolute atomic E-state index is 0.138. The molecule has 2 unspecified atom stereocenters. The Labute approximate surface area is 82.7 Å². The topological polar surface area (TPSA) is 80.9 Å². The molecule has 5 heteroatoms. The molecule has 0 aliphatic carbocycles. The van der Waals surface area contributed by atoms with Gasteiger partial charge in [0.05, 0.1) is 5.92 Å². The summed E-state index contributed by atoms with van der Waals surface area (Å²) in [7, 11) is 0. The van der Waals surface area contributed by atoms with Crippen LogP contribution in [0.5, 0.6) is 0 Å². The molecule has 1 heterocycles. The molecule has 0 fully saturated rings. The van der Waals surface area contributed by atoms with Crippen molar-refractivity contribution in [1.29, 1.82) is 0 Å². The fourth-order valence-electron chi connectivity index (χ4n) is 0.847. The first-order valence-corrected chi connectivity index (χ1v) is 4.45. The van der Waals surface area contributed by atoms with Gasteiger partial charge in [0.2, 0.25) is 5.91 Å². The fourth-order valence-corrected chi connectivity index (χ4v) is 0.847. The van der Waals surface area contributed by atoms with Crippen molar-refractivity contribution in [2.45, 2.75) is 19.9 Å². The minimum Gasteiger partial charge on any atom is -0.327 e. The first-order valence-electron chi connectivity index (χ1n) is 4.45. The van der Waals surface area contributed by atoms with Gasteiger partial charge in [-0.1, -0.05) is 6.92 Å². The van der Waals surface area contributed by atoms with Crippen molar-refractivity contribution in [3.05, 3.63) is 18.3 Å². The summed E-state index contributed by atoms with van der Waals surface area (Å²) in [6.07, 6.45) is 1.55. The predicted molar refractivity (Wildman–Crippen MR) is 53.5 cm³/mol. The Kier molecular flexibility index (Phi) is 3.53. The minimum atomic E-state index is -0.239. The number of aromatic nitrogens is 2. The summed E-state index contributed by atoms with van der Waals surface area (Å²) in [5, 5.41) is 10.0.